The maximum absolute atomic E-state index is 5.00. The van der Waals surface area contributed by atoms with Gasteiger partial charge in [0.2, 0.25) is 0 Å². The van der Waals surface area contributed by atoms with E-state index in [0.717, 1.165) is 22.2 Å². The Bertz CT molecular complexity index is 650. The molecular weight excluding hydrogens is 218 g/mol. The van der Waals surface area contributed by atoms with Gasteiger partial charge in [-0.05, 0) is 6.07 Å². The summed E-state index contributed by atoms with van der Waals surface area (Å²) in [5.74, 6) is 0. The second-order valence-electron chi connectivity index (χ2n) is 3.49. The molecule has 1 aromatic carbocycles. The molecule has 0 saturated heterocycles. The number of aromatic amines is 1. The van der Waals surface area contributed by atoms with E-state index in [4.69, 9.17) is 4.74 Å². The van der Waals surface area contributed by atoms with Crippen molar-refractivity contribution in [3.8, 4) is 17.3 Å². The van der Waals surface area contributed by atoms with Crippen molar-refractivity contribution >= 4 is 10.9 Å². The fraction of sp³-hybridized carbons (Fsp3) is 0.0909. The van der Waals surface area contributed by atoms with Crippen LogP contribution in [0.4, 0.5) is 0 Å². The molecule has 0 radical (unpaired) electrons. The average Bonchev–Trinajstić information content (AvgIpc) is 2.91. The molecule has 17 heavy (non-hydrogen) atoms. The van der Waals surface area contributed by atoms with Gasteiger partial charge in [-0.15, -0.1) is 0 Å². The molecule has 0 saturated carbocycles. The zero-order valence-corrected chi connectivity index (χ0v) is 9.08. The van der Waals surface area contributed by atoms with Crippen LogP contribution in [0.3, 0.4) is 0 Å². The third-order valence-electron chi connectivity index (χ3n) is 2.45. The number of nitrogens with one attached hydrogen (secondary N) is 1. The number of ether oxygens (including phenoxy) is 1. The highest BCUT2D eigenvalue weighted by Crippen LogP contribution is 2.21. The summed E-state index contributed by atoms with van der Waals surface area (Å²) in [6.07, 6.45) is 3.40. The number of hydrogen-bond donors (Lipinski definition) is 1. The predicted octanol–water partition coefficient (Wildman–Crippen LogP) is 1.42. The zero-order valence-electron chi connectivity index (χ0n) is 9.08. The van der Waals surface area contributed by atoms with Gasteiger partial charge in [0.25, 0.3) is 0 Å². The molecule has 0 bridgehead atoms. The summed E-state index contributed by atoms with van der Waals surface area (Å²) in [7, 11) is 1.54. The Kier molecular flexibility index (Phi) is 2.18. The summed E-state index contributed by atoms with van der Waals surface area (Å²) in [6, 6.07) is 6.18. The van der Waals surface area contributed by atoms with Crippen molar-refractivity contribution < 1.29 is 4.74 Å². The highest BCUT2D eigenvalue weighted by Gasteiger charge is 2.04. The van der Waals surface area contributed by atoms with Gasteiger partial charge in [0.15, 0.2) is 0 Å². The average molecular weight is 227 g/mol. The van der Waals surface area contributed by atoms with Gasteiger partial charge in [0.05, 0.1) is 18.8 Å². The second kappa shape index (κ2) is 3.82. The van der Waals surface area contributed by atoms with E-state index in [1.807, 2.05) is 18.2 Å². The lowest BCUT2D eigenvalue weighted by molar-refractivity contribution is 0.382. The minimum atomic E-state index is 0.356. The lowest BCUT2D eigenvalue weighted by atomic mass is 10.1. The van der Waals surface area contributed by atoms with Crippen LogP contribution in [0, 0.1) is 0 Å². The minimum absolute atomic E-state index is 0.356. The Morgan fingerprint density at radius 3 is 2.94 bits per heavy atom. The number of rotatable bonds is 2. The lowest BCUT2D eigenvalue weighted by Crippen LogP contribution is -1.92. The molecule has 3 rings (SSSR count). The van der Waals surface area contributed by atoms with E-state index in [1.165, 1.54) is 0 Å². The fourth-order valence-corrected chi connectivity index (χ4v) is 1.60. The topological polar surface area (TPSA) is 76.6 Å². The summed E-state index contributed by atoms with van der Waals surface area (Å²) in [4.78, 5) is 8.32. The van der Waals surface area contributed by atoms with Crippen LogP contribution >= 0.6 is 0 Å². The van der Waals surface area contributed by atoms with Crippen molar-refractivity contribution in [2.75, 3.05) is 7.11 Å². The van der Waals surface area contributed by atoms with Gasteiger partial charge >= 0.3 is 6.01 Å². The number of benzene rings is 1. The van der Waals surface area contributed by atoms with Gasteiger partial charge in [0, 0.05) is 17.1 Å². The largest absolute Gasteiger partial charge is 0.467 e. The molecule has 2 aromatic heterocycles. The Morgan fingerprint density at radius 1 is 1.24 bits per heavy atom. The smallest absolute Gasteiger partial charge is 0.316 e. The van der Waals surface area contributed by atoms with Crippen molar-refractivity contribution in [3.05, 3.63) is 30.6 Å². The van der Waals surface area contributed by atoms with Crippen LogP contribution in [0.2, 0.25) is 0 Å². The predicted molar refractivity (Wildman–Crippen MR) is 61.5 cm³/mol. The van der Waals surface area contributed by atoms with Crippen molar-refractivity contribution in [3.63, 3.8) is 0 Å². The molecule has 2 heterocycles. The summed E-state index contributed by atoms with van der Waals surface area (Å²) < 4.78 is 5.00. The number of methoxy groups -OCH3 is 1. The van der Waals surface area contributed by atoms with Crippen molar-refractivity contribution in [2.24, 2.45) is 0 Å². The van der Waals surface area contributed by atoms with Crippen LogP contribution in [0.15, 0.2) is 30.6 Å². The molecule has 0 aliphatic carbocycles. The quantitative estimate of drug-likeness (QED) is 0.716. The van der Waals surface area contributed by atoms with Crippen molar-refractivity contribution in [1.82, 2.24) is 25.4 Å². The van der Waals surface area contributed by atoms with E-state index in [2.05, 4.69) is 25.4 Å². The SMILES string of the molecule is COc1ncc2ccc(-c3cn[nH]n3)cc2n1. The monoisotopic (exact) mass is 227 g/mol. The minimum Gasteiger partial charge on any atom is -0.467 e. The maximum atomic E-state index is 5.00. The van der Waals surface area contributed by atoms with Gasteiger partial charge in [-0.3, -0.25) is 0 Å². The molecule has 84 valence electrons. The second-order valence-corrected chi connectivity index (χ2v) is 3.49. The molecule has 0 amide bonds. The summed E-state index contributed by atoms with van der Waals surface area (Å²) in [6.45, 7) is 0. The van der Waals surface area contributed by atoms with Gasteiger partial charge in [-0.1, -0.05) is 12.1 Å². The van der Waals surface area contributed by atoms with Crippen LogP contribution < -0.4 is 4.74 Å². The molecule has 0 atom stereocenters. The number of fused-ring (bicyclic) bond motifs is 1. The maximum Gasteiger partial charge on any atom is 0.316 e. The summed E-state index contributed by atoms with van der Waals surface area (Å²) in [5, 5.41) is 11.3. The highest BCUT2D eigenvalue weighted by molar-refractivity contribution is 5.82. The van der Waals surface area contributed by atoms with Crippen LogP contribution in [-0.2, 0) is 0 Å². The first-order chi connectivity index (χ1) is 8.36. The van der Waals surface area contributed by atoms with E-state index < -0.39 is 0 Å². The first-order valence-corrected chi connectivity index (χ1v) is 5.04. The normalized spacial score (nSPS) is 10.6. The third-order valence-corrected chi connectivity index (χ3v) is 2.45. The van der Waals surface area contributed by atoms with Gasteiger partial charge in [0.1, 0.15) is 5.69 Å². The Labute approximate surface area is 96.7 Å². The lowest BCUT2D eigenvalue weighted by Gasteiger charge is -2.01. The first kappa shape index (κ1) is 9.71. The molecule has 6 nitrogen and oxygen atoms in total. The summed E-state index contributed by atoms with van der Waals surface area (Å²) >= 11 is 0. The van der Waals surface area contributed by atoms with Crippen LogP contribution in [0.5, 0.6) is 6.01 Å². The van der Waals surface area contributed by atoms with E-state index in [-0.39, 0.29) is 0 Å². The van der Waals surface area contributed by atoms with E-state index in [9.17, 15) is 0 Å². The Hall–Kier alpha value is -2.50. The molecule has 0 aliphatic rings. The van der Waals surface area contributed by atoms with E-state index >= 15 is 0 Å². The van der Waals surface area contributed by atoms with Crippen LogP contribution in [0.1, 0.15) is 0 Å². The van der Waals surface area contributed by atoms with Crippen LogP contribution in [-0.4, -0.2) is 32.5 Å². The van der Waals surface area contributed by atoms with Gasteiger partial charge in [-0.25, -0.2) is 4.98 Å². The molecule has 0 aliphatic heterocycles. The molecule has 3 aromatic rings. The number of H-pyrrole nitrogens is 1. The third kappa shape index (κ3) is 1.69. The zero-order chi connectivity index (χ0) is 11.7. The van der Waals surface area contributed by atoms with E-state index in [1.54, 1.807) is 19.5 Å². The molecular formula is C11H9N5O. The van der Waals surface area contributed by atoms with Crippen molar-refractivity contribution in [2.45, 2.75) is 0 Å². The molecule has 0 fully saturated rings. The Balaban J connectivity index is 2.17. The molecule has 0 spiro atoms. The standard InChI is InChI=1S/C11H9N5O/c1-17-11-12-5-8-3-2-7(4-9(8)14-11)10-6-13-16-15-10/h2-6H,1H3,(H,13,15,16). The number of aromatic nitrogens is 5. The summed E-state index contributed by atoms with van der Waals surface area (Å²) in [5.41, 5.74) is 2.55. The van der Waals surface area contributed by atoms with Crippen LogP contribution in [0.25, 0.3) is 22.2 Å². The highest BCUT2D eigenvalue weighted by atomic mass is 16.5. The van der Waals surface area contributed by atoms with Crippen molar-refractivity contribution in [1.29, 1.82) is 0 Å². The Morgan fingerprint density at radius 2 is 2.18 bits per heavy atom. The van der Waals surface area contributed by atoms with Gasteiger partial charge < -0.3 is 4.74 Å². The molecule has 6 heteroatoms. The molecule has 1 N–H and O–H groups in total. The number of nitrogens with zero attached hydrogens (tertiary/aromatic N) is 4. The first-order valence-electron chi connectivity index (χ1n) is 5.04. The van der Waals surface area contributed by atoms with Gasteiger partial charge in [-0.2, -0.15) is 20.4 Å². The van der Waals surface area contributed by atoms with E-state index in [0.29, 0.717) is 6.01 Å². The molecule has 0 unspecified atom stereocenters. The fourth-order valence-electron chi connectivity index (χ4n) is 1.60. The number of hydrogen-bond acceptors (Lipinski definition) is 5.